The lowest BCUT2D eigenvalue weighted by atomic mass is 9.98. The molecule has 2 fully saturated rings. The number of carboxylic acids is 1. The Hall–Kier alpha value is -5.52. The minimum Gasteiger partial charge on any atom is -0.476 e. The molecule has 2 aliphatic rings. The smallest absolute Gasteiger partial charge is 0.358 e. The first-order valence-corrected chi connectivity index (χ1v) is 15.1. The lowest BCUT2D eigenvalue weighted by molar-refractivity contribution is 0.0593. The molecule has 238 valence electrons. The normalized spacial score (nSPS) is 15.6. The first kappa shape index (κ1) is 30.2. The summed E-state index contributed by atoms with van der Waals surface area (Å²) in [5.41, 5.74) is 6.51. The standard InChI is InChI=1S/C18H16FN3O2.C17H14FN3O2/c1-18(7-8-18)13-9-14(11-3-5-12(19)6-4-11)21-22-10-15(17(23)24-2)20-16(13)22;1-17(6-7-17)12-8-13(10-2-4-11(18)5-3-10)20-21-9-14(16(22)23)19-15(12)21/h3-6,9-10H,7-8H2,1-2H3;2-5,8-9H,6-7H2,1H3,(H,22,23). The molecule has 12 heteroatoms. The average Bonchev–Trinajstić information content (AvgIpc) is 3.88. The number of carbonyl (C=O) groups excluding carboxylic acids is 1. The van der Waals surface area contributed by atoms with Gasteiger partial charge in [-0.2, -0.15) is 10.2 Å². The molecule has 10 nitrogen and oxygen atoms in total. The number of carbonyl (C=O) groups is 2. The molecule has 0 radical (unpaired) electrons. The lowest BCUT2D eigenvalue weighted by Gasteiger charge is -2.12. The van der Waals surface area contributed by atoms with E-state index in [9.17, 15) is 18.4 Å². The van der Waals surface area contributed by atoms with E-state index >= 15 is 0 Å². The van der Waals surface area contributed by atoms with Crippen LogP contribution in [0.2, 0.25) is 0 Å². The molecule has 0 bridgehead atoms. The van der Waals surface area contributed by atoms with Crippen LogP contribution in [0.1, 0.15) is 71.6 Å². The zero-order valence-corrected chi connectivity index (χ0v) is 25.9. The molecular formula is C35H30F2N6O4. The Morgan fingerprint density at radius 3 is 1.51 bits per heavy atom. The Bertz CT molecular complexity index is 2180. The fourth-order valence-corrected chi connectivity index (χ4v) is 5.59. The van der Waals surface area contributed by atoms with Crippen LogP contribution in [0, 0.1) is 11.6 Å². The Kier molecular flexibility index (Phi) is 7.10. The van der Waals surface area contributed by atoms with Gasteiger partial charge in [0.2, 0.25) is 0 Å². The Morgan fingerprint density at radius 1 is 0.723 bits per heavy atom. The van der Waals surface area contributed by atoms with Crippen molar-refractivity contribution in [3.05, 3.63) is 107 Å². The summed E-state index contributed by atoms with van der Waals surface area (Å²) < 4.78 is 34.2. The van der Waals surface area contributed by atoms with Crippen molar-refractivity contribution in [3.8, 4) is 22.5 Å². The number of fused-ring (bicyclic) bond motifs is 2. The van der Waals surface area contributed by atoms with Crippen LogP contribution in [0.25, 0.3) is 33.8 Å². The second kappa shape index (κ2) is 11.1. The number of esters is 1. The van der Waals surface area contributed by atoms with Crippen molar-refractivity contribution < 1.29 is 28.2 Å². The molecule has 0 atom stereocenters. The lowest BCUT2D eigenvalue weighted by Crippen LogP contribution is -2.06. The van der Waals surface area contributed by atoms with Crippen LogP contribution >= 0.6 is 0 Å². The third-order valence-corrected chi connectivity index (χ3v) is 9.04. The van der Waals surface area contributed by atoms with E-state index in [4.69, 9.17) is 9.84 Å². The van der Waals surface area contributed by atoms with E-state index in [0.29, 0.717) is 17.0 Å². The Balaban J connectivity index is 0.000000150. The van der Waals surface area contributed by atoms with Crippen molar-refractivity contribution in [1.29, 1.82) is 0 Å². The molecule has 0 saturated heterocycles. The van der Waals surface area contributed by atoms with Crippen LogP contribution in [0.3, 0.4) is 0 Å². The molecule has 0 amide bonds. The summed E-state index contributed by atoms with van der Waals surface area (Å²) in [6.45, 7) is 4.30. The highest BCUT2D eigenvalue weighted by molar-refractivity contribution is 5.88. The number of methoxy groups -OCH3 is 1. The third kappa shape index (κ3) is 5.71. The Morgan fingerprint density at radius 2 is 1.13 bits per heavy atom. The number of aromatic carboxylic acids is 1. The number of benzene rings is 2. The van der Waals surface area contributed by atoms with E-state index in [1.165, 1.54) is 42.1 Å². The highest BCUT2D eigenvalue weighted by Crippen LogP contribution is 2.50. The van der Waals surface area contributed by atoms with Gasteiger partial charge in [-0.15, -0.1) is 0 Å². The van der Waals surface area contributed by atoms with E-state index in [1.54, 1.807) is 35.0 Å². The van der Waals surface area contributed by atoms with Gasteiger partial charge < -0.3 is 9.84 Å². The van der Waals surface area contributed by atoms with Crippen LogP contribution in [0.4, 0.5) is 8.78 Å². The number of hydrogen-bond acceptors (Lipinski definition) is 7. The minimum absolute atomic E-state index is 0.0000963. The van der Waals surface area contributed by atoms with Gasteiger partial charge in [0.05, 0.1) is 30.9 Å². The van der Waals surface area contributed by atoms with Crippen molar-refractivity contribution in [2.75, 3.05) is 7.11 Å². The van der Waals surface area contributed by atoms with Crippen molar-refractivity contribution >= 4 is 23.2 Å². The summed E-state index contributed by atoms with van der Waals surface area (Å²) in [6.07, 6.45) is 7.19. The van der Waals surface area contributed by atoms with Gasteiger partial charge in [0, 0.05) is 22.3 Å². The van der Waals surface area contributed by atoms with Gasteiger partial charge in [0.25, 0.3) is 0 Å². The van der Waals surface area contributed by atoms with Gasteiger partial charge in [0.15, 0.2) is 22.7 Å². The molecule has 0 unspecified atom stereocenters. The van der Waals surface area contributed by atoms with Gasteiger partial charge >= 0.3 is 11.9 Å². The number of hydrogen-bond donors (Lipinski definition) is 1. The fraction of sp³-hybridized carbons (Fsp3) is 0.257. The third-order valence-electron chi connectivity index (χ3n) is 9.04. The monoisotopic (exact) mass is 636 g/mol. The number of nitrogens with zero attached hydrogens (tertiary/aromatic N) is 6. The first-order chi connectivity index (χ1) is 22.5. The van der Waals surface area contributed by atoms with E-state index in [2.05, 4.69) is 34.0 Å². The van der Waals surface area contributed by atoms with Gasteiger partial charge in [-0.25, -0.2) is 37.4 Å². The predicted molar refractivity (Wildman–Crippen MR) is 168 cm³/mol. The fourth-order valence-electron chi connectivity index (χ4n) is 5.59. The zero-order chi connectivity index (χ0) is 33.1. The van der Waals surface area contributed by atoms with Crippen LogP contribution in [-0.4, -0.2) is 53.4 Å². The number of rotatable bonds is 6. The largest absolute Gasteiger partial charge is 0.476 e. The number of halogens is 2. The number of ether oxygens (including phenoxy) is 1. The van der Waals surface area contributed by atoms with Crippen LogP contribution < -0.4 is 0 Å². The maximum Gasteiger partial charge on any atom is 0.358 e. The van der Waals surface area contributed by atoms with Crippen LogP contribution in [0.15, 0.2) is 73.1 Å². The molecule has 0 aliphatic heterocycles. The summed E-state index contributed by atoms with van der Waals surface area (Å²) in [5.74, 6) is -2.16. The van der Waals surface area contributed by atoms with Crippen LogP contribution in [0.5, 0.6) is 0 Å². The summed E-state index contributed by atoms with van der Waals surface area (Å²) in [7, 11) is 1.33. The second-order valence-electron chi connectivity index (χ2n) is 12.6. The molecule has 2 aromatic carbocycles. The highest BCUT2D eigenvalue weighted by Gasteiger charge is 2.42. The van der Waals surface area contributed by atoms with E-state index in [1.807, 2.05) is 12.1 Å². The van der Waals surface area contributed by atoms with E-state index in [0.717, 1.165) is 53.6 Å². The molecule has 47 heavy (non-hydrogen) atoms. The second-order valence-corrected chi connectivity index (χ2v) is 12.6. The maximum absolute atomic E-state index is 13.2. The summed E-state index contributed by atoms with van der Waals surface area (Å²) in [6, 6.07) is 16.2. The maximum atomic E-state index is 13.2. The van der Waals surface area contributed by atoms with E-state index < -0.39 is 11.9 Å². The van der Waals surface area contributed by atoms with Crippen LogP contribution in [-0.2, 0) is 15.6 Å². The number of aromatic nitrogens is 6. The van der Waals surface area contributed by atoms with Gasteiger partial charge in [-0.1, -0.05) is 13.8 Å². The van der Waals surface area contributed by atoms with Crippen molar-refractivity contribution in [2.45, 2.75) is 50.4 Å². The topological polar surface area (TPSA) is 124 Å². The average molecular weight is 637 g/mol. The molecule has 4 heterocycles. The molecule has 4 aromatic heterocycles. The van der Waals surface area contributed by atoms with Crippen molar-refractivity contribution in [1.82, 2.24) is 29.2 Å². The quantitative estimate of drug-likeness (QED) is 0.201. The van der Waals surface area contributed by atoms with Crippen molar-refractivity contribution in [2.24, 2.45) is 0 Å². The zero-order valence-electron chi connectivity index (χ0n) is 25.9. The summed E-state index contributed by atoms with van der Waals surface area (Å²) >= 11 is 0. The number of carboxylic acid groups (broad SMARTS) is 1. The minimum atomic E-state index is -1.08. The molecule has 2 aliphatic carbocycles. The SMILES string of the molecule is CC1(c2cc(-c3ccc(F)cc3)nn3cc(C(=O)O)nc23)CC1.COC(=O)c1cn2nc(-c3ccc(F)cc3)cc(C3(C)CC3)c2n1. The molecular weight excluding hydrogens is 606 g/mol. The van der Waals surface area contributed by atoms with E-state index in [-0.39, 0.29) is 33.9 Å². The Labute approximate surface area is 267 Å². The molecule has 1 N–H and O–H groups in total. The molecule has 8 rings (SSSR count). The molecule has 2 saturated carbocycles. The highest BCUT2D eigenvalue weighted by atomic mass is 19.1. The van der Waals surface area contributed by atoms with Gasteiger partial charge in [-0.05, 0) is 97.2 Å². The predicted octanol–water partition coefficient (Wildman–Crippen LogP) is 6.66. The summed E-state index contributed by atoms with van der Waals surface area (Å²) in [4.78, 5) is 31.6. The molecule has 0 spiro atoms. The van der Waals surface area contributed by atoms with Crippen molar-refractivity contribution in [3.63, 3.8) is 0 Å². The van der Waals surface area contributed by atoms with Gasteiger partial charge in [-0.3, -0.25) is 0 Å². The first-order valence-electron chi connectivity index (χ1n) is 15.1. The van der Waals surface area contributed by atoms with Gasteiger partial charge in [0.1, 0.15) is 11.6 Å². The summed E-state index contributed by atoms with van der Waals surface area (Å²) in [5, 5.41) is 18.2. The molecule has 6 aromatic rings. The number of imidazole rings is 2.